The van der Waals surface area contributed by atoms with Crippen LogP contribution in [-0.2, 0) is 11.3 Å². The highest BCUT2D eigenvalue weighted by molar-refractivity contribution is 9.10. The Morgan fingerprint density at radius 2 is 2.17 bits per heavy atom. The van der Waals surface area contributed by atoms with Gasteiger partial charge in [0.05, 0.1) is 10.2 Å². The van der Waals surface area contributed by atoms with E-state index in [4.69, 9.17) is 16.3 Å². The van der Waals surface area contributed by atoms with Gasteiger partial charge < -0.3 is 10.1 Å². The molecule has 2 aromatic rings. The maximum atomic E-state index is 12.1. The van der Waals surface area contributed by atoms with Gasteiger partial charge in [-0.1, -0.05) is 11.6 Å². The summed E-state index contributed by atoms with van der Waals surface area (Å²) in [6, 6.07) is 7.23. The molecule has 0 saturated heterocycles. The third-order valence-corrected chi connectivity index (χ3v) is 4.37. The lowest BCUT2D eigenvalue weighted by atomic mass is 10.3. The molecular weight excluding hydrogens is 394 g/mol. The first kappa shape index (κ1) is 18.8. The average Bonchev–Trinajstić information content (AvgIpc) is 2.84. The minimum absolute atomic E-state index is 0.148. The van der Waals surface area contributed by atoms with Crippen molar-refractivity contribution in [3.8, 4) is 5.75 Å². The molecule has 0 unspecified atom stereocenters. The number of carbonyl (C=O) groups excluding carboxylic acids is 1. The van der Waals surface area contributed by atoms with Crippen LogP contribution in [0.25, 0.3) is 0 Å². The zero-order valence-electron chi connectivity index (χ0n) is 14.0. The van der Waals surface area contributed by atoms with Crippen molar-refractivity contribution in [3.63, 3.8) is 0 Å². The topological polar surface area (TPSA) is 56.2 Å². The number of nitrogens with one attached hydrogen (secondary N) is 1. The Morgan fingerprint density at radius 3 is 2.79 bits per heavy atom. The highest BCUT2D eigenvalue weighted by atomic mass is 79.9. The summed E-state index contributed by atoms with van der Waals surface area (Å²) in [4.78, 5) is 12.1. The van der Waals surface area contributed by atoms with Crippen molar-refractivity contribution in [2.75, 3.05) is 6.54 Å². The van der Waals surface area contributed by atoms with Crippen molar-refractivity contribution in [1.29, 1.82) is 0 Å². The summed E-state index contributed by atoms with van der Waals surface area (Å²) < 4.78 is 8.34. The van der Waals surface area contributed by atoms with E-state index in [1.807, 2.05) is 24.6 Å². The molecule has 5 nitrogen and oxygen atoms in total. The monoisotopic (exact) mass is 413 g/mol. The number of hydrogen-bond donors (Lipinski definition) is 1. The fraction of sp³-hybridized carbons (Fsp3) is 0.412. The Labute approximate surface area is 155 Å². The van der Waals surface area contributed by atoms with Crippen LogP contribution in [0.5, 0.6) is 5.75 Å². The molecule has 0 aliphatic heterocycles. The number of halogens is 2. The Hall–Kier alpha value is -1.53. The molecule has 130 valence electrons. The number of benzene rings is 1. The average molecular weight is 415 g/mol. The molecule has 1 amide bonds. The Kier molecular flexibility index (Phi) is 6.69. The van der Waals surface area contributed by atoms with Crippen molar-refractivity contribution in [1.82, 2.24) is 15.1 Å². The highest BCUT2D eigenvalue weighted by Crippen LogP contribution is 2.28. The summed E-state index contributed by atoms with van der Waals surface area (Å²) in [5, 5.41) is 7.89. The van der Waals surface area contributed by atoms with Crippen molar-refractivity contribution in [2.24, 2.45) is 0 Å². The molecule has 0 aliphatic rings. The fourth-order valence-corrected chi connectivity index (χ4v) is 3.08. The largest absolute Gasteiger partial charge is 0.480 e. The zero-order chi connectivity index (χ0) is 17.7. The second-order valence-corrected chi connectivity index (χ2v) is 6.92. The van der Waals surface area contributed by atoms with Gasteiger partial charge in [0.25, 0.3) is 5.91 Å². The van der Waals surface area contributed by atoms with E-state index in [0.29, 0.717) is 17.3 Å². The molecule has 24 heavy (non-hydrogen) atoms. The zero-order valence-corrected chi connectivity index (χ0v) is 16.3. The molecule has 7 heteroatoms. The van der Waals surface area contributed by atoms with Crippen LogP contribution in [-0.4, -0.2) is 28.3 Å². The van der Waals surface area contributed by atoms with E-state index in [9.17, 15) is 4.79 Å². The van der Waals surface area contributed by atoms with Gasteiger partial charge in [-0.15, -0.1) is 0 Å². The standard InChI is InChI=1S/C17H21BrClN3O2/c1-11-9-12(2)22(21-11)8-4-7-20-17(23)13(3)24-16-6-5-14(19)10-15(16)18/h5-6,9-10,13H,4,7-8H2,1-3H3,(H,20,23)/t13-/m0/s1. The van der Waals surface area contributed by atoms with Crippen molar-refractivity contribution >= 4 is 33.4 Å². The van der Waals surface area contributed by atoms with Crippen LogP contribution in [0.4, 0.5) is 0 Å². The Morgan fingerprint density at radius 1 is 1.42 bits per heavy atom. The van der Waals surface area contributed by atoms with Gasteiger partial charge in [-0.25, -0.2) is 0 Å². The fourth-order valence-electron chi connectivity index (χ4n) is 2.30. The summed E-state index contributed by atoms with van der Waals surface area (Å²) in [5.74, 6) is 0.440. The highest BCUT2D eigenvalue weighted by Gasteiger charge is 2.15. The first-order chi connectivity index (χ1) is 11.4. The van der Waals surface area contributed by atoms with E-state index in [2.05, 4.69) is 26.3 Å². The SMILES string of the molecule is Cc1cc(C)n(CCCNC(=O)[C@H](C)Oc2ccc(Cl)cc2Br)n1. The van der Waals surface area contributed by atoms with Crippen molar-refractivity contribution in [3.05, 3.63) is 45.1 Å². The molecule has 0 saturated carbocycles. The van der Waals surface area contributed by atoms with E-state index >= 15 is 0 Å². The number of hydrogen-bond acceptors (Lipinski definition) is 3. The van der Waals surface area contributed by atoms with E-state index in [0.717, 1.165) is 28.8 Å². The van der Waals surface area contributed by atoms with E-state index in [1.54, 1.807) is 25.1 Å². The van der Waals surface area contributed by atoms with Gasteiger partial charge in [-0.3, -0.25) is 9.48 Å². The van der Waals surface area contributed by atoms with Gasteiger partial charge in [0.2, 0.25) is 0 Å². The lowest BCUT2D eigenvalue weighted by Gasteiger charge is -2.16. The number of amides is 1. The number of carbonyl (C=O) groups is 1. The molecular formula is C17H21BrClN3O2. The molecule has 0 fully saturated rings. The van der Waals surface area contributed by atoms with Crippen LogP contribution in [0.2, 0.25) is 5.02 Å². The number of ether oxygens (including phenoxy) is 1. The third-order valence-electron chi connectivity index (χ3n) is 3.52. The van der Waals surface area contributed by atoms with Crippen LogP contribution in [0.15, 0.2) is 28.7 Å². The number of rotatable bonds is 7. The normalized spacial score (nSPS) is 12.0. The first-order valence-electron chi connectivity index (χ1n) is 7.77. The Bertz CT molecular complexity index is 718. The summed E-state index contributed by atoms with van der Waals surface area (Å²) in [5.41, 5.74) is 2.13. The van der Waals surface area contributed by atoms with Crippen LogP contribution in [0, 0.1) is 13.8 Å². The van der Waals surface area contributed by atoms with Crippen molar-refractivity contribution in [2.45, 2.75) is 39.8 Å². The van der Waals surface area contributed by atoms with Gasteiger partial charge in [0.15, 0.2) is 6.10 Å². The molecule has 0 bridgehead atoms. The van der Waals surface area contributed by atoms with Gasteiger partial charge in [0.1, 0.15) is 5.75 Å². The molecule has 1 aromatic carbocycles. The lowest BCUT2D eigenvalue weighted by molar-refractivity contribution is -0.127. The lowest BCUT2D eigenvalue weighted by Crippen LogP contribution is -2.37. The number of aromatic nitrogens is 2. The van der Waals surface area contributed by atoms with E-state index in [1.165, 1.54) is 0 Å². The molecule has 1 atom stereocenters. The predicted molar refractivity (Wildman–Crippen MR) is 98.6 cm³/mol. The van der Waals surface area contributed by atoms with Crippen molar-refractivity contribution < 1.29 is 9.53 Å². The summed E-state index contributed by atoms with van der Waals surface area (Å²) in [7, 11) is 0. The number of nitrogens with zero attached hydrogens (tertiary/aromatic N) is 2. The van der Waals surface area contributed by atoms with E-state index < -0.39 is 6.10 Å². The molecule has 1 heterocycles. The van der Waals surface area contributed by atoms with Crippen LogP contribution in [0.1, 0.15) is 24.7 Å². The second-order valence-electron chi connectivity index (χ2n) is 5.63. The molecule has 0 spiro atoms. The minimum Gasteiger partial charge on any atom is -0.480 e. The first-order valence-corrected chi connectivity index (χ1v) is 8.94. The maximum absolute atomic E-state index is 12.1. The maximum Gasteiger partial charge on any atom is 0.260 e. The number of aryl methyl sites for hydroxylation is 3. The summed E-state index contributed by atoms with van der Waals surface area (Å²) in [6.45, 7) is 7.07. The van der Waals surface area contributed by atoms with Crippen LogP contribution >= 0.6 is 27.5 Å². The van der Waals surface area contributed by atoms with Crippen LogP contribution in [0.3, 0.4) is 0 Å². The molecule has 0 radical (unpaired) electrons. The smallest absolute Gasteiger partial charge is 0.260 e. The van der Waals surface area contributed by atoms with Crippen LogP contribution < -0.4 is 10.1 Å². The molecule has 1 aromatic heterocycles. The van der Waals surface area contributed by atoms with Gasteiger partial charge in [-0.05, 0) is 67.4 Å². The summed E-state index contributed by atoms with van der Waals surface area (Å²) in [6.07, 6.45) is 0.224. The second kappa shape index (κ2) is 8.53. The van der Waals surface area contributed by atoms with E-state index in [-0.39, 0.29) is 5.91 Å². The quantitative estimate of drug-likeness (QED) is 0.699. The Balaban J connectivity index is 1.76. The summed E-state index contributed by atoms with van der Waals surface area (Å²) >= 11 is 9.26. The van der Waals surface area contributed by atoms with Gasteiger partial charge in [0, 0.05) is 23.8 Å². The molecule has 0 aliphatic carbocycles. The molecule has 2 rings (SSSR count). The molecule has 1 N–H and O–H groups in total. The third kappa shape index (κ3) is 5.24. The van der Waals surface area contributed by atoms with Gasteiger partial charge >= 0.3 is 0 Å². The predicted octanol–water partition coefficient (Wildman–Crippen LogP) is 3.89. The van der Waals surface area contributed by atoms with Gasteiger partial charge in [-0.2, -0.15) is 5.10 Å². The minimum atomic E-state index is -0.587.